The van der Waals surface area contributed by atoms with Crippen LogP contribution < -0.4 is 0 Å². The summed E-state index contributed by atoms with van der Waals surface area (Å²) in [5.74, 6) is 2.34. The lowest BCUT2D eigenvalue weighted by atomic mass is 9.87. The zero-order valence-electron chi connectivity index (χ0n) is 7.81. The summed E-state index contributed by atoms with van der Waals surface area (Å²) in [6, 6.07) is 0. The van der Waals surface area contributed by atoms with Crippen molar-refractivity contribution in [2.45, 2.75) is 51.2 Å². The summed E-state index contributed by atoms with van der Waals surface area (Å²) < 4.78 is 0. The minimum absolute atomic E-state index is 0.999. The highest BCUT2D eigenvalue weighted by Gasteiger charge is 2.22. The lowest BCUT2D eigenvalue weighted by molar-refractivity contribution is 0.361. The molecule has 1 rings (SSSR count). The summed E-state index contributed by atoms with van der Waals surface area (Å²) in [5.41, 5.74) is 0. The van der Waals surface area contributed by atoms with E-state index in [9.17, 15) is 0 Å². The van der Waals surface area contributed by atoms with Crippen LogP contribution in [0.4, 0.5) is 0 Å². The Labute approximate surface area is 75.1 Å². The standard InChI is InChI=1S/C10H20S/c1-3-9-7-5-6-8-10(9)11-4-2/h9-10H,3-8H2,1-2H3. The van der Waals surface area contributed by atoms with Gasteiger partial charge in [-0.25, -0.2) is 0 Å². The van der Waals surface area contributed by atoms with Gasteiger partial charge in [-0.15, -0.1) is 0 Å². The zero-order valence-corrected chi connectivity index (χ0v) is 8.62. The molecule has 0 aromatic rings. The third-order valence-electron chi connectivity index (χ3n) is 2.74. The molecule has 0 bridgehead atoms. The quantitative estimate of drug-likeness (QED) is 0.625. The van der Waals surface area contributed by atoms with Crippen molar-refractivity contribution in [1.82, 2.24) is 0 Å². The topological polar surface area (TPSA) is 0 Å². The van der Waals surface area contributed by atoms with E-state index in [1.54, 1.807) is 0 Å². The van der Waals surface area contributed by atoms with Crippen LogP contribution in [0.15, 0.2) is 0 Å². The van der Waals surface area contributed by atoms with E-state index in [2.05, 4.69) is 25.6 Å². The molecular formula is C10H20S. The second-order valence-corrected chi connectivity index (χ2v) is 4.96. The van der Waals surface area contributed by atoms with Crippen LogP contribution >= 0.6 is 11.8 Å². The smallest absolute Gasteiger partial charge is 0.00751 e. The lowest BCUT2D eigenvalue weighted by Gasteiger charge is -2.29. The SMILES string of the molecule is CCSC1CCCCC1CC. The molecule has 2 atom stereocenters. The van der Waals surface area contributed by atoms with Crippen molar-refractivity contribution < 1.29 is 0 Å². The molecule has 0 spiro atoms. The lowest BCUT2D eigenvalue weighted by Crippen LogP contribution is -2.21. The maximum atomic E-state index is 2.35. The Kier molecular flexibility index (Phi) is 4.36. The Bertz CT molecular complexity index is 99.0. The first-order chi connectivity index (χ1) is 5.38. The van der Waals surface area contributed by atoms with Gasteiger partial charge in [-0.2, -0.15) is 11.8 Å². The van der Waals surface area contributed by atoms with E-state index in [1.165, 1.54) is 37.9 Å². The van der Waals surface area contributed by atoms with Crippen LogP contribution in [0.25, 0.3) is 0 Å². The molecule has 0 aromatic heterocycles. The molecule has 0 radical (unpaired) electrons. The highest BCUT2D eigenvalue weighted by molar-refractivity contribution is 7.99. The first-order valence-electron chi connectivity index (χ1n) is 5.00. The van der Waals surface area contributed by atoms with E-state index in [4.69, 9.17) is 0 Å². The Morgan fingerprint density at radius 1 is 1.18 bits per heavy atom. The first-order valence-corrected chi connectivity index (χ1v) is 6.05. The molecule has 0 heterocycles. The van der Waals surface area contributed by atoms with Gasteiger partial charge in [0.05, 0.1) is 0 Å². The van der Waals surface area contributed by atoms with Gasteiger partial charge < -0.3 is 0 Å². The Balaban J connectivity index is 2.31. The van der Waals surface area contributed by atoms with E-state index < -0.39 is 0 Å². The second kappa shape index (κ2) is 5.08. The van der Waals surface area contributed by atoms with E-state index >= 15 is 0 Å². The zero-order chi connectivity index (χ0) is 8.10. The van der Waals surface area contributed by atoms with Crippen molar-refractivity contribution in [2.75, 3.05) is 5.75 Å². The number of hydrogen-bond acceptors (Lipinski definition) is 1. The molecule has 0 saturated heterocycles. The maximum absolute atomic E-state index is 2.35. The predicted molar refractivity (Wildman–Crippen MR) is 54.2 cm³/mol. The maximum Gasteiger partial charge on any atom is 0.00751 e. The molecule has 0 aliphatic heterocycles. The molecule has 1 heteroatoms. The summed E-state index contributed by atoms with van der Waals surface area (Å²) in [6.45, 7) is 4.63. The average Bonchev–Trinajstić information content (AvgIpc) is 2.06. The minimum Gasteiger partial charge on any atom is -0.159 e. The van der Waals surface area contributed by atoms with Gasteiger partial charge in [0.25, 0.3) is 0 Å². The summed E-state index contributed by atoms with van der Waals surface area (Å²) in [7, 11) is 0. The largest absolute Gasteiger partial charge is 0.159 e. The molecule has 1 saturated carbocycles. The van der Waals surface area contributed by atoms with Crippen LogP contribution in [0, 0.1) is 5.92 Å². The van der Waals surface area contributed by atoms with Crippen molar-refractivity contribution in [2.24, 2.45) is 5.92 Å². The van der Waals surface area contributed by atoms with Crippen molar-refractivity contribution in [3.8, 4) is 0 Å². The van der Waals surface area contributed by atoms with Gasteiger partial charge in [0.2, 0.25) is 0 Å². The second-order valence-electron chi connectivity index (χ2n) is 3.45. The fourth-order valence-corrected chi connectivity index (χ4v) is 3.44. The van der Waals surface area contributed by atoms with Crippen LogP contribution in [0.2, 0.25) is 0 Å². The van der Waals surface area contributed by atoms with Crippen LogP contribution in [0.1, 0.15) is 46.0 Å². The highest BCUT2D eigenvalue weighted by Crippen LogP contribution is 2.34. The van der Waals surface area contributed by atoms with Gasteiger partial charge >= 0.3 is 0 Å². The van der Waals surface area contributed by atoms with Crippen molar-refractivity contribution >= 4 is 11.8 Å². The van der Waals surface area contributed by atoms with Gasteiger partial charge in [0, 0.05) is 5.25 Å². The highest BCUT2D eigenvalue weighted by atomic mass is 32.2. The van der Waals surface area contributed by atoms with Gasteiger partial charge in [-0.05, 0) is 24.5 Å². The third kappa shape index (κ3) is 2.70. The summed E-state index contributed by atoms with van der Waals surface area (Å²) in [6.07, 6.45) is 7.34. The summed E-state index contributed by atoms with van der Waals surface area (Å²) in [4.78, 5) is 0. The Morgan fingerprint density at radius 2 is 1.91 bits per heavy atom. The van der Waals surface area contributed by atoms with E-state index in [0.717, 1.165) is 11.2 Å². The van der Waals surface area contributed by atoms with Crippen LogP contribution in [0.3, 0.4) is 0 Å². The average molecular weight is 172 g/mol. The van der Waals surface area contributed by atoms with E-state index in [-0.39, 0.29) is 0 Å². The summed E-state index contributed by atoms with van der Waals surface area (Å²) >= 11 is 2.18. The van der Waals surface area contributed by atoms with Crippen LogP contribution in [-0.2, 0) is 0 Å². The Morgan fingerprint density at radius 3 is 2.55 bits per heavy atom. The fourth-order valence-electron chi connectivity index (χ4n) is 2.07. The van der Waals surface area contributed by atoms with E-state index in [1.807, 2.05) is 0 Å². The molecule has 66 valence electrons. The number of thioether (sulfide) groups is 1. The Hall–Kier alpha value is 0.350. The molecule has 1 aliphatic carbocycles. The van der Waals surface area contributed by atoms with Crippen LogP contribution in [0.5, 0.6) is 0 Å². The number of hydrogen-bond donors (Lipinski definition) is 0. The fraction of sp³-hybridized carbons (Fsp3) is 1.00. The molecule has 2 unspecified atom stereocenters. The van der Waals surface area contributed by atoms with Crippen LogP contribution in [-0.4, -0.2) is 11.0 Å². The molecule has 1 fully saturated rings. The third-order valence-corrected chi connectivity index (χ3v) is 4.13. The molecule has 0 aromatic carbocycles. The minimum atomic E-state index is 0.999. The predicted octanol–water partition coefficient (Wildman–Crippen LogP) is 3.71. The van der Waals surface area contributed by atoms with Gasteiger partial charge in [-0.3, -0.25) is 0 Å². The molecule has 0 N–H and O–H groups in total. The molecule has 0 nitrogen and oxygen atoms in total. The molecule has 11 heavy (non-hydrogen) atoms. The molecule has 1 aliphatic rings. The van der Waals surface area contributed by atoms with Gasteiger partial charge in [0.1, 0.15) is 0 Å². The molecule has 0 amide bonds. The van der Waals surface area contributed by atoms with E-state index in [0.29, 0.717) is 0 Å². The normalized spacial score (nSPS) is 32.2. The monoisotopic (exact) mass is 172 g/mol. The van der Waals surface area contributed by atoms with Gasteiger partial charge in [-0.1, -0.05) is 33.1 Å². The van der Waals surface area contributed by atoms with Crippen molar-refractivity contribution in [3.05, 3.63) is 0 Å². The van der Waals surface area contributed by atoms with Gasteiger partial charge in [0.15, 0.2) is 0 Å². The van der Waals surface area contributed by atoms with Crippen molar-refractivity contribution in [3.63, 3.8) is 0 Å². The van der Waals surface area contributed by atoms with Crippen molar-refractivity contribution in [1.29, 1.82) is 0 Å². The first kappa shape index (κ1) is 9.44. The molecular weight excluding hydrogens is 152 g/mol. The number of rotatable bonds is 3. The summed E-state index contributed by atoms with van der Waals surface area (Å²) in [5, 5.41) is 0.999.